The van der Waals surface area contributed by atoms with Gasteiger partial charge in [-0.25, -0.2) is 0 Å². The minimum atomic E-state index is -4.03. The second-order valence-corrected chi connectivity index (χ2v) is 11.5. The van der Waals surface area contributed by atoms with Crippen molar-refractivity contribution in [3.63, 3.8) is 0 Å². The normalized spacial score (nSPS) is 40.7. The van der Waals surface area contributed by atoms with Gasteiger partial charge in [-0.1, -0.05) is 32.9 Å². The third-order valence-electron chi connectivity index (χ3n) is 8.45. The molecule has 0 aromatic heterocycles. The summed E-state index contributed by atoms with van der Waals surface area (Å²) in [5, 5.41) is 0. The van der Waals surface area contributed by atoms with Gasteiger partial charge in [0, 0.05) is 23.8 Å². The molecule has 29 heavy (non-hydrogen) atoms. The molecule has 0 heterocycles. The molecule has 0 amide bonds. The van der Waals surface area contributed by atoms with Crippen molar-refractivity contribution in [1.82, 2.24) is 0 Å². The van der Waals surface area contributed by atoms with Gasteiger partial charge in [0.05, 0.1) is 18.3 Å². The molecule has 2 fully saturated rings. The van der Waals surface area contributed by atoms with Crippen molar-refractivity contribution in [3.05, 3.63) is 24.0 Å². The lowest BCUT2D eigenvalue weighted by Gasteiger charge is -2.44. The zero-order chi connectivity index (χ0) is 21.2. The van der Waals surface area contributed by atoms with Crippen molar-refractivity contribution in [2.75, 3.05) is 12.9 Å². The molecule has 0 unspecified atom stereocenters. The third kappa shape index (κ3) is 2.87. The largest absolute Gasteiger partial charge is 0.498 e. The molecule has 0 N–H and O–H groups in total. The van der Waals surface area contributed by atoms with E-state index in [1.807, 2.05) is 32.9 Å². The predicted octanol–water partition coefficient (Wildman–Crippen LogP) is 3.18. The average Bonchev–Trinajstić information content (AvgIpc) is 2.98. The van der Waals surface area contributed by atoms with Crippen LogP contribution in [0, 0.1) is 28.1 Å². The molecule has 4 aliphatic rings. The van der Waals surface area contributed by atoms with Gasteiger partial charge >= 0.3 is 0 Å². The first-order valence-electron chi connectivity index (χ1n) is 10.4. The Morgan fingerprint density at radius 2 is 1.90 bits per heavy atom. The van der Waals surface area contributed by atoms with Gasteiger partial charge in [0.25, 0.3) is 10.1 Å². The highest BCUT2D eigenvalue weighted by molar-refractivity contribution is 7.86. The third-order valence-corrected chi connectivity index (χ3v) is 9.79. The molecule has 6 nitrogen and oxygen atoms in total. The summed E-state index contributed by atoms with van der Waals surface area (Å²) in [7, 11) is -2.60. The summed E-state index contributed by atoms with van der Waals surface area (Å²) in [6.45, 7) is 5.88. The van der Waals surface area contributed by atoms with Crippen molar-refractivity contribution < 1.29 is 26.9 Å². The van der Waals surface area contributed by atoms with E-state index in [4.69, 9.17) is 8.92 Å². The molecule has 0 aromatic carbocycles. The van der Waals surface area contributed by atoms with Crippen LogP contribution in [0.25, 0.3) is 0 Å². The molecule has 7 heteroatoms. The standard InChI is InChI=1S/C22H30O6S/c1-20(2)14-8-10-22(20,18(24)11-14)13-29(25,26)28-19-15-7-5-6-9-21(15,3)17(23)12-16(19)27-4/h5-6,12,14-15,19H,7-11,13H2,1-4H3/t14-,15-,19+,21+,22-/m0/s1. The highest BCUT2D eigenvalue weighted by atomic mass is 32.2. The molecule has 160 valence electrons. The Labute approximate surface area is 172 Å². The van der Waals surface area contributed by atoms with Gasteiger partial charge in [0.2, 0.25) is 0 Å². The summed E-state index contributed by atoms with van der Waals surface area (Å²) in [6, 6.07) is 0. The van der Waals surface area contributed by atoms with E-state index in [1.165, 1.54) is 13.2 Å². The van der Waals surface area contributed by atoms with E-state index in [2.05, 4.69) is 0 Å². The highest BCUT2D eigenvalue weighted by Gasteiger charge is 2.65. The molecular formula is C22H30O6S. The number of hydrogen-bond donors (Lipinski definition) is 0. The van der Waals surface area contributed by atoms with E-state index in [-0.39, 0.29) is 40.3 Å². The second-order valence-electron chi connectivity index (χ2n) is 9.94. The van der Waals surface area contributed by atoms with Crippen LogP contribution in [0.1, 0.15) is 52.9 Å². The van der Waals surface area contributed by atoms with E-state index in [0.717, 1.165) is 6.42 Å². The number of fused-ring (bicyclic) bond motifs is 3. The lowest BCUT2D eigenvalue weighted by atomic mass is 9.62. The van der Waals surface area contributed by atoms with Crippen molar-refractivity contribution in [1.29, 1.82) is 0 Å². The van der Waals surface area contributed by atoms with E-state index in [0.29, 0.717) is 25.7 Å². The molecule has 2 saturated carbocycles. The number of carbonyl (C=O) groups is 2. The van der Waals surface area contributed by atoms with Crippen molar-refractivity contribution in [2.45, 2.75) is 59.0 Å². The molecule has 0 spiro atoms. The van der Waals surface area contributed by atoms with Crippen LogP contribution in [0.5, 0.6) is 0 Å². The molecule has 0 saturated heterocycles. The predicted molar refractivity (Wildman–Crippen MR) is 107 cm³/mol. The summed E-state index contributed by atoms with van der Waals surface area (Å²) in [4.78, 5) is 25.5. The van der Waals surface area contributed by atoms with Gasteiger partial charge < -0.3 is 4.74 Å². The zero-order valence-corrected chi connectivity index (χ0v) is 18.4. The van der Waals surface area contributed by atoms with Crippen LogP contribution in [-0.4, -0.2) is 39.0 Å². The van der Waals surface area contributed by atoms with Gasteiger partial charge in [-0.15, -0.1) is 0 Å². The Morgan fingerprint density at radius 1 is 1.17 bits per heavy atom. The second kappa shape index (κ2) is 6.51. The average molecular weight is 423 g/mol. The zero-order valence-electron chi connectivity index (χ0n) is 17.6. The Morgan fingerprint density at radius 3 is 2.48 bits per heavy atom. The summed E-state index contributed by atoms with van der Waals surface area (Å²) in [5.74, 6) is -0.170. The number of hydrogen-bond acceptors (Lipinski definition) is 6. The highest BCUT2D eigenvalue weighted by Crippen LogP contribution is 2.64. The van der Waals surface area contributed by atoms with Crippen molar-refractivity contribution >= 4 is 21.7 Å². The van der Waals surface area contributed by atoms with Crippen LogP contribution in [0.4, 0.5) is 0 Å². The maximum atomic E-state index is 13.2. The number of rotatable bonds is 5. The molecule has 0 aliphatic heterocycles. The molecule has 2 bridgehead atoms. The topological polar surface area (TPSA) is 86.7 Å². The minimum Gasteiger partial charge on any atom is -0.498 e. The number of Topliss-reactive ketones (excluding diaryl/α,β-unsaturated/α-hetero) is 1. The first kappa shape index (κ1) is 20.8. The van der Waals surface area contributed by atoms with Gasteiger partial charge in [-0.05, 0) is 37.0 Å². The number of methoxy groups -OCH3 is 1. The Bertz CT molecular complexity index is 914. The Hall–Kier alpha value is -1.47. The summed E-state index contributed by atoms with van der Waals surface area (Å²) in [6.07, 6.45) is 7.45. The van der Waals surface area contributed by atoms with Gasteiger partial charge in [0.1, 0.15) is 17.6 Å². The molecule has 0 radical (unpaired) electrons. The quantitative estimate of drug-likeness (QED) is 0.500. The van der Waals surface area contributed by atoms with Crippen LogP contribution in [0.15, 0.2) is 24.0 Å². The van der Waals surface area contributed by atoms with Gasteiger partial charge in [0.15, 0.2) is 5.78 Å². The summed E-state index contributed by atoms with van der Waals surface area (Å²) in [5.41, 5.74) is -1.95. The Kier molecular flexibility index (Phi) is 4.67. The minimum absolute atomic E-state index is 0.0395. The van der Waals surface area contributed by atoms with Crippen LogP contribution in [-0.2, 0) is 28.6 Å². The Balaban J connectivity index is 1.65. The summed E-state index contributed by atoms with van der Waals surface area (Å²) < 4.78 is 37.6. The summed E-state index contributed by atoms with van der Waals surface area (Å²) >= 11 is 0. The molecule has 4 aliphatic carbocycles. The molecule has 0 aromatic rings. The van der Waals surface area contributed by atoms with Crippen LogP contribution >= 0.6 is 0 Å². The van der Waals surface area contributed by atoms with Gasteiger partial charge in [-0.3, -0.25) is 13.8 Å². The van der Waals surface area contributed by atoms with E-state index < -0.39 is 27.1 Å². The van der Waals surface area contributed by atoms with Gasteiger partial charge in [-0.2, -0.15) is 8.42 Å². The van der Waals surface area contributed by atoms with Crippen LogP contribution in [0.3, 0.4) is 0 Å². The fourth-order valence-corrected chi connectivity index (χ4v) is 8.08. The monoisotopic (exact) mass is 422 g/mol. The maximum absolute atomic E-state index is 13.2. The van der Waals surface area contributed by atoms with E-state index in [1.54, 1.807) is 0 Å². The first-order valence-corrected chi connectivity index (χ1v) is 11.9. The lowest BCUT2D eigenvalue weighted by Crippen LogP contribution is -2.50. The first-order chi connectivity index (χ1) is 13.5. The number of ether oxygens (including phenoxy) is 1. The molecule has 4 rings (SSSR count). The number of carbonyl (C=O) groups excluding carboxylic acids is 2. The van der Waals surface area contributed by atoms with E-state index >= 15 is 0 Å². The number of ketones is 2. The van der Waals surface area contributed by atoms with Crippen molar-refractivity contribution in [2.24, 2.45) is 28.1 Å². The molecular weight excluding hydrogens is 392 g/mol. The number of allylic oxidation sites excluding steroid dienone is 3. The lowest BCUT2D eigenvalue weighted by molar-refractivity contribution is -0.131. The fraction of sp³-hybridized carbons (Fsp3) is 0.727. The van der Waals surface area contributed by atoms with E-state index in [9.17, 15) is 18.0 Å². The fourth-order valence-electron chi connectivity index (χ4n) is 6.19. The van der Waals surface area contributed by atoms with Crippen molar-refractivity contribution in [3.8, 4) is 0 Å². The van der Waals surface area contributed by atoms with Crippen LogP contribution in [0.2, 0.25) is 0 Å². The molecule has 5 atom stereocenters. The van der Waals surface area contributed by atoms with Crippen LogP contribution < -0.4 is 0 Å². The maximum Gasteiger partial charge on any atom is 0.269 e. The SMILES string of the molecule is COC1=CC(=O)[C@]2(C)CC=CC[C@H]2[C@H]1OS(=O)(=O)C[C@@]12CC[C@@H](CC1=O)C2(C)C. The smallest absolute Gasteiger partial charge is 0.269 e.